The molecular formula is C12H27MoO4P. The summed E-state index contributed by atoms with van der Waals surface area (Å²) in [5.74, 6) is 0. The Kier molecular flexibility index (Phi) is 16.7. The zero-order chi connectivity index (χ0) is 13.0. The standard InChI is InChI=1S/C12H27O4P.Mo/c1-3-5-7-9-11-15-17(13,14)16-12-10-8-6-4-2;/h3-12H2,1-2H3,(H,13,14);. The molecule has 0 aromatic heterocycles. The third-order valence-electron chi connectivity index (χ3n) is 2.50. The zero-order valence-corrected chi connectivity index (χ0v) is 14.5. The fraction of sp³-hybridized carbons (Fsp3) is 1.00. The van der Waals surface area contributed by atoms with Crippen LogP contribution in [0.1, 0.15) is 65.2 Å². The molecule has 0 saturated carbocycles. The van der Waals surface area contributed by atoms with Crippen molar-refractivity contribution < 1.29 is 39.6 Å². The first-order valence-electron chi connectivity index (χ1n) is 6.74. The third kappa shape index (κ3) is 14.9. The Morgan fingerprint density at radius 3 is 1.56 bits per heavy atom. The number of unbranched alkanes of at least 4 members (excludes halogenated alkanes) is 6. The normalized spacial score (nSPS) is 11.3. The molecule has 0 amide bonds. The number of phosphoric ester groups is 1. The molecule has 0 heterocycles. The smallest absolute Gasteiger partial charge is 0.302 e. The summed E-state index contributed by atoms with van der Waals surface area (Å²) in [6.07, 6.45) is 8.26. The van der Waals surface area contributed by atoms with E-state index in [4.69, 9.17) is 9.05 Å². The first kappa shape index (κ1) is 21.1. The molecule has 0 bridgehead atoms. The van der Waals surface area contributed by atoms with Crippen LogP contribution < -0.4 is 0 Å². The van der Waals surface area contributed by atoms with Gasteiger partial charge in [0.2, 0.25) is 0 Å². The summed E-state index contributed by atoms with van der Waals surface area (Å²) >= 11 is 0. The van der Waals surface area contributed by atoms with Gasteiger partial charge < -0.3 is 4.89 Å². The van der Waals surface area contributed by atoms with E-state index in [1.807, 2.05) is 0 Å². The van der Waals surface area contributed by atoms with E-state index in [1.54, 1.807) is 0 Å². The summed E-state index contributed by atoms with van der Waals surface area (Å²) in [6.45, 7) is 4.86. The van der Waals surface area contributed by atoms with Crippen LogP contribution in [0.25, 0.3) is 0 Å². The van der Waals surface area contributed by atoms with Crippen molar-refractivity contribution in [3.05, 3.63) is 0 Å². The molecule has 0 aromatic carbocycles. The van der Waals surface area contributed by atoms with Crippen molar-refractivity contribution in [1.82, 2.24) is 0 Å². The number of hydrogen-bond acceptors (Lipinski definition) is 3. The average molecular weight is 362 g/mol. The van der Waals surface area contributed by atoms with Gasteiger partial charge in [-0.15, -0.1) is 0 Å². The SMILES string of the molecule is CCCCCCOP(=O)(O)OCCCCCC.[Mo]. The van der Waals surface area contributed by atoms with Gasteiger partial charge in [0.05, 0.1) is 13.2 Å². The molecule has 0 unspecified atom stereocenters. The van der Waals surface area contributed by atoms with Gasteiger partial charge in [-0.3, -0.25) is 9.05 Å². The van der Waals surface area contributed by atoms with Crippen molar-refractivity contribution in [1.29, 1.82) is 0 Å². The molecule has 110 valence electrons. The summed E-state index contributed by atoms with van der Waals surface area (Å²) < 4.78 is 21.1. The molecule has 0 fully saturated rings. The minimum atomic E-state index is -3.79. The van der Waals surface area contributed by atoms with Crippen LogP contribution in [0.5, 0.6) is 0 Å². The minimum absolute atomic E-state index is 0. The van der Waals surface area contributed by atoms with Crippen LogP contribution in [0, 0.1) is 0 Å². The predicted octanol–water partition coefficient (Wildman–Crippen LogP) is 4.28. The van der Waals surface area contributed by atoms with Gasteiger partial charge in [0.25, 0.3) is 0 Å². The second kappa shape index (κ2) is 14.2. The summed E-state index contributed by atoms with van der Waals surface area (Å²) in [6, 6.07) is 0. The van der Waals surface area contributed by atoms with Crippen LogP contribution >= 0.6 is 7.82 Å². The molecule has 0 atom stereocenters. The zero-order valence-electron chi connectivity index (χ0n) is 11.6. The van der Waals surface area contributed by atoms with Crippen LogP contribution in [0.3, 0.4) is 0 Å². The molecule has 0 saturated heterocycles. The van der Waals surface area contributed by atoms with Crippen LogP contribution in [-0.4, -0.2) is 18.1 Å². The van der Waals surface area contributed by atoms with Gasteiger partial charge in [-0.1, -0.05) is 52.4 Å². The first-order valence-corrected chi connectivity index (χ1v) is 8.23. The largest absolute Gasteiger partial charge is 0.472 e. The van der Waals surface area contributed by atoms with Crippen molar-refractivity contribution in [2.24, 2.45) is 0 Å². The van der Waals surface area contributed by atoms with Crippen molar-refractivity contribution in [3.63, 3.8) is 0 Å². The Bertz CT molecular complexity index is 196. The third-order valence-corrected chi connectivity index (χ3v) is 3.52. The summed E-state index contributed by atoms with van der Waals surface area (Å²) in [5, 5.41) is 0. The molecule has 6 heteroatoms. The number of phosphoric acid groups is 1. The van der Waals surface area contributed by atoms with E-state index in [-0.39, 0.29) is 21.1 Å². The average Bonchev–Trinajstić information content (AvgIpc) is 2.28. The van der Waals surface area contributed by atoms with Crippen LogP contribution in [0.2, 0.25) is 0 Å². The van der Waals surface area contributed by atoms with E-state index in [2.05, 4.69) is 13.8 Å². The Labute approximate surface area is 126 Å². The Morgan fingerprint density at radius 1 is 0.833 bits per heavy atom. The van der Waals surface area contributed by atoms with E-state index in [0.717, 1.165) is 51.4 Å². The fourth-order valence-electron chi connectivity index (χ4n) is 1.45. The second-order valence-corrected chi connectivity index (χ2v) is 5.71. The molecule has 0 aliphatic rings. The minimum Gasteiger partial charge on any atom is -0.302 e. The summed E-state index contributed by atoms with van der Waals surface area (Å²) in [5.41, 5.74) is 0. The van der Waals surface area contributed by atoms with E-state index in [0.29, 0.717) is 13.2 Å². The van der Waals surface area contributed by atoms with Gasteiger partial charge in [-0.05, 0) is 12.8 Å². The van der Waals surface area contributed by atoms with Crippen molar-refractivity contribution in [3.8, 4) is 0 Å². The van der Waals surface area contributed by atoms with Gasteiger partial charge in [0.1, 0.15) is 0 Å². The molecule has 1 N–H and O–H groups in total. The Morgan fingerprint density at radius 2 is 1.22 bits per heavy atom. The Hall–Kier alpha value is 0.798. The van der Waals surface area contributed by atoms with Gasteiger partial charge in [-0.25, -0.2) is 4.57 Å². The van der Waals surface area contributed by atoms with Gasteiger partial charge >= 0.3 is 7.82 Å². The predicted molar refractivity (Wildman–Crippen MR) is 70.0 cm³/mol. The number of rotatable bonds is 12. The van der Waals surface area contributed by atoms with Gasteiger partial charge in [-0.2, -0.15) is 0 Å². The molecule has 0 radical (unpaired) electrons. The fourth-order valence-corrected chi connectivity index (χ4v) is 2.25. The van der Waals surface area contributed by atoms with E-state index in [1.165, 1.54) is 0 Å². The Balaban J connectivity index is 0. The first-order chi connectivity index (χ1) is 8.12. The van der Waals surface area contributed by atoms with Crippen LogP contribution in [-0.2, 0) is 34.7 Å². The molecule has 0 spiro atoms. The molecule has 18 heavy (non-hydrogen) atoms. The quantitative estimate of drug-likeness (QED) is 0.320. The van der Waals surface area contributed by atoms with E-state index < -0.39 is 7.82 Å². The maximum Gasteiger partial charge on any atom is 0.472 e. The maximum absolute atomic E-state index is 11.4. The summed E-state index contributed by atoms with van der Waals surface area (Å²) in [4.78, 5) is 9.34. The second-order valence-electron chi connectivity index (χ2n) is 4.26. The molecule has 0 aliphatic carbocycles. The van der Waals surface area contributed by atoms with Crippen LogP contribution in [0.15, 0.2) is 0 Å². The molecule has 4 nitrogen and oxygen atoms in total. The summed E-state index contributed by atoms with van der Waals surface area (Å²) in [7, 11) is -3.79. The molecular weight excluding hydrogens is 335 g/mol. The topological polar surface area (TPSA) is 55.8 Å². The molecule has 0 rings (SSSR count). The maximum atomic E-state index is 11.4. The van der Waals surface area contributed by atoms with Gasteiger partial charge in [0, 0.05) is 21.1 Å². The van der Waals surface area contributed by atoms with Crippen molar-refractivity contribution in [2.75, 3.05) is 13.2 Å². The monoisotopic (exact) mass is 364 g/mol. The van der Waals surface area contributed by atoms with E-state index >= 15 is 0 Å². The van der Waals surface area contributed by atoms with Crippen LogP contribution in [0.4, 0.5) is 0 Å². The van der Waals surface area contributed by atoms with Crippen molar-refractivity contribution >= 4 is 7.82 Å². The van der Waals surface area contributed by atoms with Crippen molar-refractivity contribution in [2.45, 2.75) is 65.2 Å². The molecule has 0 aromatic rings. The molecule has 0 aliphatic heterocycles. The van der Waals surface area contributed by atoms with E-state index in [9.17, 15) is 9.46 Å². The number of hydrogen-bond donors (Lipinski definition) is 1. The van der Waals surface area contributed by atoms with Gasteiger partial charge in [0.15, 0.2) is 0 Å².